The fraction of sp³-hybridized carbons (Fsp3) is 0.941. The summed E-state index contributed by atoms with van der Waals surface area (Å²) in [6.07, 6.45) is 8.27. The Bertz CT molecular complexity index is 391. The molecule has 3 unspecified atom stereocenters. The number of hydrogen-bond donors (Lipinski definition) is 1. The SMILES string of the molecule is CCCC(C)(N)C(=O)N1CCC2C(CCCN2C2CC2)C1. The molecule has 0 bridgehead atoms. The summed E-state index contributed by atoms with van der Waals surface area (Å²) in [4.78, 5) is 17.5. The molecule has 3 rings (SSSR count). The Morgan fingerprint density at radius 3 is 2.67 bits per heavy atom. The van der Waals surface area contributed by atoms with Gasteiger partial charge in [0.25, 0.3) is 0 Å². The van der Waals surface area contributed by atoms with E-state index in [0.29, 0.717) is 5.92 Å². The lowest BCUT2D eigenvalue weighted by atomic mass is 9.82. The lowest BCUT2D eigenvalue weighted by Crippen LogP contribution is -2.60. The summed E-state index contributed by atoms with van der Waals surface area (Å²) in [6.45, 7) is 7.12. The van der Waals surface area contributed by atoms with Crippen LogP contribution in [0.2, 0.25) is 0 Å². The summed E-state index contributed by atoms with van der Waals surface area (Å²) in [5.74, 6) is 0.848. The van der Waals surface area contributed by atoms with Crippen molar-refractivity contribution in [1.29, 1.82) is 0 Å². The molecule has 3 fully saturated rings. The molecule has 1 saturated carbocycles. The second-order valence-electron chi connectivity index (χ2n) is 7.65. The number of piperidine rings is 2. The van der Waals surface area contributed by atoms with Crippen LogP contribution in [0.15, 0.2) is 0 Å². The first kappa shape index (κ1) is 15.3. The third kappa shape index (κ3) is 3.11. The molecule has 3 atom stereocenters. The van der Waals surface area contributed by atoms with Crippen LogP contribution in [0, 0.1) is 5.92 Å². The fourth-order valence-electron chi connectivity index (χ4n) is 4.47. The summed E-state index contributed by atoms with van der Waals surface area (Å²) < 4.78 is 0. The van der Waals surface area contributed by atoms with E-state index < -0.39 is 5.54 Å². The number of fused-ring (bicyclic) bond motifs is 1. The van der Waals surface area contributed by atoms with E-state index in [2.05, 4.69) is 16.7 Å². The van der Waals surface area contributed by atoms with Gasteiger partial charge in [-0.2, -0.15) is 0 Å². The highest BCUT2D eigenvalue weighted by Crippen LogP contribution is 2.38. The van der Waals surface area contributed by atoms with Gasteiger partial charge < -0.3 is 10.6 Å². The van der Waals surface area contributed by atoms with Crippen molar-refractivity contribution in [3.63, 3.8) is 0 Å². The predicted octanol–water partition coefficient (Wildman–Crippen LogP) is 1.98. The van der Waals surface area contributed by atoms with Crippen molar-refractivity contribution in [3.8, 4) is 0 Å². The van der Waals surface area contributed by atoms with Gasteiger partial charge in [-0.1, -0.05) is 13.3 Å². The van der Waals surface area contributed by atoms with Crippen molar-refractivity contribution in [2.24, 2.45) is 11.7 Å². The van der Waals surface area contributed by atoms with Gasteiger partial charge in [-0.05, 0) is 57.9 Å². The highest BCUT2D eigenvalue weighted by Gasteiger charge is 2.44. The van der Waals surface area contributed by atoms with Crippen LogP contribution in [-0.4, -0.2) is 53.0 Å². The van der Waals surface area contributed by atoms with Crippen LogP contribution in [-0.2, 0) is 4.79 Å². The average Bonchev–Trinajstić information content (AvgIpc) is 3.29. The molecule has 3 aliphatic rings. The normalized spacial score (nSPS) is 33.4. The van der Waals surface area contributed by atoms with Crippen molar-refractivity contribution in [3.05, 3.63) is 0 Å². The minimum atomic E-state index is -0.674. The number of likely N-dealkylation sites (tertiary alicyclic amines) is 2. The monoisotopic (exact) mass is 293 g/mol. The van der Waals surface area contributed by atoms with Crippen LogP contribution < -0.4 is 5.73 Å². The van der Waals surface area contributed by atoms with Crippen LogP contribution in [0.5, 0.6) is 0 Å². The second kappa shape index (κ2) is 5.88. The van der Waals surface area contributed by atoms with E-state index in [9.17, 15) is 4.79 Å². The van der Waals surface area contributed by atoms with Crippen LogP contribution in [0.1, 0.15) is 58.8 Å². The third-order valence-electron chi connectivity index (χ3n) is 5.67. The first-order valence-electron chi connectivity index (χ1n) is 8.87. The molecule has 4 nitrogen and oxygen atoms in total. The highest BCUT2D eigenvalue weighted by atomic mass is 16.2. The molecule has 2 heterocycles. The van der Waals surface area contributed by atoms with Crippen molar-refractivity contribution in [2.75, 3.05) is 19.6 Å². The summed E-state index contributed by atoms with van der Waals surface area (Å²) >= 11 is 0. The second-order valence-corrected chi connectivity index (χ2v) is 7.65. The van der Waals surface area contributed by atoms with Gasteiger partial charge in [0.1, 0.15) is 0 Å². The molecule has 2 saturated heterocycles. The Hall–Kier alpha value is -0.610. The molecule has 1 aliphatic carbocycles. The number of nitrogens with two attached hydrogens (primary N) is 1. The van der Waals surface area contributed by atoms with Crippen molar-refractivity contribution < 1.29 is 4.79 Å². The van der Waals surface area contributed by atoms with E-state index in [1.165, 1.54) is 32.2 Å². The van der Waals surface area contributed by atoms with Crippen LogP contribution in [0.3, 0.4) is 0 Å². The zero-order valence-electron chi connectivity index (χ0n) is 13.7. The standard InChI is InChI=1S/C17H31N3O/c1-3-9-17(2,18)16(21)19-11-8-15-13(12-19)5-4-10-20(15)14-6-7-14/h13-15H,3-12,18H2,1-2H3. The van der Waals surface area contributed by atoms with Crippen molar-refractivity contribution in [2.45, 2.75) is 76.4 Å². The first-order chi connectivity index (χ1) is 10.0. The summed E-state index contributed by atoms with van der Waals surface area (Å²) in [5.41, 5.74) is 5.58. The molecule has 4 heteroatoms. The smallest absolute Gasteiger partial charge is 0.242 e. The van der Waals surface area contributed by atoms with E-state index in [0.717, 1.165) is 44.4 Å². The molecule has 0 spiro atoms. The van der Waals surface area contributed by atoms with E-state index in [1.807, 2.05) is 6.92 Å². The zero-order chi connectivity index (χ0) is 15.0. The van der Waals surface area contributed by atoms with Gasteiger partial charge in [0.05, 0.1) is 5.54 Å². The lowest BCUT2D eigenvalue weighted by molar-refractivity contribution is -0.140. The Balaban J connectivity index is 1.63. The summed E-state index contributed by atoms with van der Waals surface area (Å²) in [5, 5.41) is 0. The maximum atomic E-state index is 12.7. The van der Waals surface area contributed by atoms with Gasteiger partial charge in [-0.3, -0.25) is 9.69 Å². The molecule has 2 N–H and O–H groups in total. The molecule has 120 valence electrons. The topological polar surface area (TPSA) is 49.6 Å². The van der Waals surface area contributed by atoms with Gasteiger partial charge in [0.2, 0.25) is 5.91 Å². The molecule has 2 aliphatic heterocycles. The van der Waals surface area contributed by atoms with E-state index in [4.69, 9.17) is 5.73 Å². The summed E-state index contributed by atoms with van der Waals surface area (Å²) in [6, 6.07) is 1.59. The molecule has 0 aromatic rings. The molecular weight excluding hydrogens is 262 g/mol. The number of amides is 1. The molecule has 0 aromatic heterocycles. The first-order valence-corrected chi connectivity index (χ1v) is 8.87. The quantitative estimate of drug-likeness (QED) is 0.862. The Morgan fingerprint density at radius 1 is 1.24 bits per heavy atom. The minimum absolute atomic E-state index is 0.173. The predicted molar refractivity (Wildman–Crippen MR) is 84.9 cm³/mol. The third-order valence-corrected chi connectivity index (χ3v) is 5.67. The molecule has 0 radical (unpaired) electrons. The van der Waals surface area contributed by atoms with Gasteiger partial charge in [-0.25, -0.2) is 0 Å². The average molecular weight is 293 g/mol. The Labute approximate surface area is 129 Å². The van der Waals surface area contributed by atoms with Gasteiger partial charge in [0.15, 0.2) is 0 Å². The van der Waals surface area contributed by atoms with Crippen LogP contribution in [0.4, 0.5) is 0 Å². The molecular formula is C17H31N3O. The maximum absolute atomic E-state index is 12.7. The zero-order valence-corrected chi connectivity index (χ0v) is 13.7. The van der Waals surface area contributed by atoms with Crippen LogP contribution >= 0.6 is 0 Å². The number of nitrogens with zero attached hydrogens (tertiary/aromatic N) is 2. The largest absolute Gasteiger partial charge is 0.341 e. The molecule has 1 amide bonds. The number of carbonyl (C=O) groups is 1. The van der Waals surface area contributed by atoms with Crippen LogP contribution in [0.25, 0.3) is 0 Å². The molecule has 21 heavy (non-hydrogen) atoms. The number of rotatable bonds is 4. The number of hydrogen-bond acceptors (Lipinski definition) is 3. The van der Waals surface area contributed by atoms with E-state index >= 15 is 0 Å². The summed E-state index contributed by atoms with van der Waals surface area (Å²) in [7, 11) is 0. The van der Waals surface area contributed by atoms with Gasteiger partial charge >= 0.3 is 0 Å². The maximum Gasteiger partial charge on any atom is 0.242 e. The van der Waals surface area contributed by atoms with Gasteiger partial charge in [0, 0.05) is 25.2 Å². The minimum Gasteiger partial charge on any atom is -0.341 e. The van der Waals surface area contributed by atoms with E-state index in [1.54, 1.807) is 0 Å². The number of carbonyl (C=O) groups excluding carboxylic acids is 1. The fourth-order valence-corrected chi connectivity index (χ4v) is 4.47. The lowest BCUT2D eigenvalue weighted by Gasteiger charge is -2.48. The van der Waals surface area contributed by atoms with Crippen molar-refractivity contribution in [1.82, 2.24) is 9.80 Å². The Kier molecular flexibility index (Phi) is 4.28. The molecule has 0 aromatic carbocycles. The highest BCUT2D eigenvalue weighted by molar-refractivity contribution is 5.85. The van der Waals surface area contributed by atoms with Crippen molar-refractivity contribution >= 4 is 5.91 Å². The van der Waals surface area contributed by atoms with Gasteiger partial charge in [-0.15, -0.1) is 0 Å². The van der Waals surface area contributed by atoms with E-state index in [-0.39, 0.29) is 5.91 Å². The Morgan fingerprint density at radius 2 is 2.00 bits per heavy atom.